The topological polar surface area (TPSA) is 29.5 Å². The maximum absolute atomic E-state index is 12.1. The third kappa shape index (κ3) is 2.77. The van der Waals surface area contributed by atoms with E-state index in [0.717, 1.165) is 18.4 Å². The van der Waals surface area contributed by atoms with Crippen LogP contribution >= 0.6 is 11.3 Å². The number of alkyl halides is 3. The molecule has 0 saturated heterocycles. The first-order chi connectivity index (χ1) is 9.46. The predicted octanol–water partition coefficient (Wildman–Crippen LogP) is 3.76. The van der Waals surface area contributed by atoms with Crippen molar-refractivity contribution in [3.63, 3.8) is 0 Å². The molecule has 1 aromatic rings. The summed E-state index contributed by atoms with van der Waals surface area (Å²) in [6.45, 7) is -1.08. The molecule has 1 unspecified atom stereocenters. The van der Waals surface area contributed by atoms with Crippen molar-refractivity contribution in [1.82, 2.24) is 4.90 Å². The molecule has 1 atom stereocenters. The number of hydrogen-bond acceptors (Lipinski definition) is 3. The summed E-state index contributed by atoms with van der Waals surface area (Å²) in [4.78, 5) is 14.6. The SMILES string of the molecule is O=C(OCC(F)(F)F)N1CCc2sccc2C1C1CC1. The quantitative estimate of drug-likeness (QED) is 0.832. The lowest BCUT2D eigenvalue weighted by molar-refractivity contribution is -0.163. The average Bonchev–Trinajstić information content (AvgIpc) is 3.10. The van der Waals surface area contributed by atoms with Crippen LogP contribution in [-0.2, 0) is 11.2 Å². The summed E-state index contributed by atoms with van der Waals surface area (Å²) in [5, 5.41) is 1.98. The number of amides is 1. The van der Waals surface area contributed by atoms with Crippen LogP contribution in [0.1, 0.15) is 29.3 Å². The molecule has 3 rings (SSSR count). The lowest BCUT2D eigenvalue weighted by Crippen LogP contribution is -2.41. The van der Waals surface area contributed by atoms with Crippen molar-refractivity contribution in [1.29, 1.82) is 0 Å². The fourth-order valence-electron chi connectivity index (χ4n) is 2.70. The second kappa shape index (κ2) is 4.95. The zero-order chi connectivity index (χ0) is 14.3. The van der Waals surface area contributed by atoms with E-state index in [1.54, 1.807) is 11.3 Å². The van der Waals surface area contributed by atoms with Gasteiger partial charge in [0.2, 0.25) is 0 Å². The number of thiophene rings is 1. The van der Waals surface area contributed by atoms with E-state index >= 15 is 0 Å². The summed E-state index contributed by atoms with van der Waals surface area (Å²) in [7, 11) is 0. The van der Waals surface area contributed by atoms with Crippen molar-refractivity contribution in [2.75, 3.05) is 13.2 Å². The van der Waals surface area contributed by atoms with Crippen molar-refractivity contribution in [3.8, 4) is 0 Å². The molecule has 1 aliphatic heterocycles. The van der Waals surface area contributed by atoms with Gasteiger partial charge in [-0.15, -0.1) is 11.3 Å². The number of ether oxygens (including phenoxy) is 1. The summed E-state index contributed by atoms with van der Waals surface area (Å²) in [5.74, 6) is 0.363. The van der Waals surface area contributed by atoms with E-state index in [1.165, 1.54) is 9.78 Å². The number of carbonyl (C=O) groups excluding carboxylic acids is 1. The van der Waals surface area contributed by atoms with E-state index in [1.807, 2.05) is 11.4 Å². The van der Waals surface area contributed by atoms with Crippen LogP contribution in [0.5, 0.6) is 0 Å². The van der Waals surface area contributed by atoms with E-state index in [2.05, 4.69) is 4.74 Å². The minimum absolute atomic E-state index is 0.106. The van der Waals surface area contributed by atoms with Crippen LogP contribution in [0.25, 0.3) is 0 Å². The standard InChI is InChI=1S/C13H14F3NO2S/c14-13(15,16)7-19-12(18)17-5-3-10-9(4-6-20-10)11(17)8-1-2-8/h4,6,8,11H,1-3,5,7H2. The van der Waals surface area contributed by atoms with Crippen LogP contribution in [0.4, 0.5) is 18.0 Å². The van der Waals surface area contributed by atoms with Gasteiger partial charge in [-0.05, 0) is 42.2 Å². The molecule has 2 heterocycles. The lowest BCUT2D eigenvalue weighted by atomic mass is 9.96. The van der Waals surface area contributed by atoms with Gasteiger partial charge in [0.1, 0.15) is 0 Å². The summed E-state index contributed by atoms with van der Waals surface area (Å²) in [6.07, 6.45) is -2.60. The highest BCUT2D eigenvalue weighted by Gasteiger charge is 2.43. The number of fused-ring (bicyclic) bond motifs is 1. The van der Waals surface area contributed by atoms with Crippen molar-refractivity contribution < 1.29 is 22.7 Å². The van der Waals surface area contributed by atoms with Crippen molar-refractivity contribution in [2.24, 2.45) is 5.92 Å². The molecule has 7 heteroatoms. The molecule has 0 N–H and O–H groups in total. The first-order valence-electron chi connectivity index (χ1n) is 6.52. The smallest absolute Gasteiger partial charge is 0.422 e. The molecule has 1 aromatic heterocycles. The fourth-order valence-corrected chi connectivity index (χ4v) is 3.61. The molecule has 20 heavy (non-hydrogen) atoms. The van der Waals surface area contributed by atoms with Crippen LogP contribution in [0.3, 0.4) is 0 Å². The zero-order valence-electron chi connectivity index (χ0n) is 10.7. The lowest BCUT2D eigenvalue weighted by Gasteiger charge is -2.35. The number of hydrogen-bond donors (Lipinski definition) is 0. The summed E-state index contributed by atoms with van der Waals surface area (Å²) >= 11 is 1.65. The van der Waals surface area contributed by atoms with Crippen molar-refractivity contribution in [2.45, 2.75) is 31.5 Å². The molecule has 1 saturated carbocycles. The molecule has 2 aliphatic rings. The molecule has 1 fully saturated rings. The first-order valence-corrected chi connectivity index (χ1v) is 7.40. The normalized spacial score (nSPS) is 22.6. The highest BCUT2D eigenvalue weighted by molar-refractivity contribution is 7.10. The second-order valence-corrected chi connectivity index (χ2v) is 6.20. The van der Waals surface area contributed by atoms with E-state index in [4.69, 9.17) is 0 Å². The largest absolute Gasteiger partial charge is 0.440 e. The van der Waals surface area contributed by atoms with Gasteiger partial charge in [-0.1, -0.05) is 0 Å². The summed E-state index contributed by atoms with van der Waals surface area (Å²) < 4.78 is 40.9. The first kappa shape index (κ1) is 13.7. The molecule has 0 spiro atoms. The minimum Gasteiger partial charge on any atom is -0.440 e. The Labute approximate surface area is 118 Å². The van der Waals surface area contributed by atoms with Crippen LogP contribution < -0.4 is 0 Å². The summed E-state index contributed by atoms with van der Waals surface area (Å²) in [5.41, 5.74) is 1.09. The maximum Gasteiger partial charge on any atom is 0.422 e. The van der Waals surface area contributed by atoms with Crippen molar-refractivity contribution >= 4 is 17.4 Å². The Hall–Kier alpha value is -1.24. The molecule has 1 amide bonds. The van der Waals surface area contributed by atoms with Gasteiger partial charge >= 0.3 is 12.3 Å². The van der Waals surface area contributed by atoms with Crippen LogP contribution in [0.15, 0.2) is 11.4 Å². The minimum atomic E-state index is -4.48. The Morgan fingerprint density at radius 2 is 2.20 bits per heavy atom. The van der Waals surface area contributed by atoms with Gasteiger partial charge in [-0.25, -0.2) is 4.79 Å². The Bertz CT molecular complexity index is 510. The van der Waals surface area contributed by atoms with Gasteiger partial charge in [0, 0.05) is 11.4 Å². The molecule has 1 aliphatic carbocycles. The Morgan fingerprint density at radius 3 is 2.85 bits per heavy atom. The predicted molar refractivity (Wildman–Crippen MR) is 67.6 cm³/mol. The number of nitrogens with zero attached hydrogens (tertiary/aromatic N) is 1. The summed E-state index contributed by atoms with van der Waals surface area (Å²) in [6, 6.07) is 1.87. The Kier molecular flexibility index (Phi) is 3.40. The zero-order valence-corrected chi connectivity index (χ0v) is 11.5. The number of rotatable bonds is 2. The fraction of sp³-hybridized carbons (Fsp3) is 0.615. The molecular weight excluding hydrogens is 291 g/mol. The van der Waals surface area contributed by atoms with Gasteiger partial charge in [-0.3, -0.25) is 0 Å². The van der Waals surface area contributed by atoms with E-state index < -0.39 is 18.9 Å². The van der Waals surface area contributed by atoms with E-state index in [-0.39, 0.29) is 6.04 Å². The molecule has 0 radical (unpaired) electrons. The second-order valence-electron chi connectivity index (χ2n) is 5.19. The van der Waals surface area contributed by atoms with E-state index in [9.17, 15) is 18.0 Å². The maximum atomic E-state index is 12.1. The highest BCUT2D eigenvalue weighted by Crippen LogP contribution is 2.48. The van der Waals surface area contributed by atoms with Crippen LogP contribution in [0, 0.1) is 5.92 Å². The molecule has 110 valence electrons. The van der Waals surface area contributed by atoms with Gasteiger partial charge < -0.3 is 9.64 Å². The van der Waals surface area contributed by atoms with Gasteiger partial charge in [-0.2, -0.15) is 13.2 Å². The third-order valence-electron chi connectivity index (χ3n) is 3.68. The van der Waals surface area contributed by atoms with Crippen LogP contribution in [0.2, 0.25) is 0 Å². The molecule has 0 aromatic carbocycles. The third-order valence-corrected chi connectivity index (χ3v) is 4.67. The van der Waals surface area contributed by atoms with Gasteiger partial charge in [0.05, 0.1) is 6.04 Å². The molecule has 0 bridgehead atoms. The number of halogens is 3. The Morgan fingerprint density at radius 1 is 1.45 bits per heavy atom. The molecular formula is C13H14F3NO2S. The average molecular weight is 305 g/mol. The number of carbonyl (C=O) groups is 1. The highest BCUT2D eigenvalue weighted by atomic mass is 32.1. The van der Waals surface area contributed by atoms with E-state index in [0.29, 0.717) is 18.9 Å². The molecule has 3 nitrogen and oxygen atoms in total. The van der Waals surface area contributed by atoms with Crippen molar-refractivity contribution in [3.05, 3.63) is 21.9 Å². The Balaban J connectivity index is 1.74. The van der Waals surface area contributed by atoms with Crippen LogP contribution in [-0.4, -0.2) is 30.3 Å². The monoisotopic (exact) mass is 305 g/mol. The van der Waals surface area contributed by atoms with Gasteiger partial charge in [0.25, 0.3) is 0 Å². The van der Waals surface area contributed by atoms with Gasteiger partial charge in [0.15, 0.2) is 6.61 Å².